The van der Waals surface area contributed by atoms with Gasteiger partial charge in [0.1, 0.15) is 22.1 Å². The Balaban J connectivity index is 1.89. The summed E-state index contributed by atoms with van der Waals surface area (Å²) in [6.45, 7) is 3.43. The number of hydrogen-bond donors (Lipinski definition) is 1. The van der Waals surface area contributed by atoms with Crippen LogP contribution in [0.4, 0.5) is 5.82 Å². The van der Waals surface area contributed by atoms with E-state index in [4.69, 9.17) is 4.74 Å². The zero-order valence-corrected chi connectivity index (χ0v) is 15.0. The summed E-state index contributed by atoms with van der Waals surface area (Å²) in [7, 11) is 0. The van der Waals surface area contributed by atoms with E-state index >= 15 is 0 Å². The molecule has 26 heavy (non-hydrogen) atoms. The van der Waals surface area contributed by atoms with Crippen molar-refractivity contribution in [1.82, 2.24) is 14.5 Å². The fraction of sp³-hybridized carbons (Fsp3) is 0.235. The Morgan fingerprint density at radius 1 is 1.31 bits per heavy atom. The fourth-order valence-corrected chi connectivity index (χ4v) is 3.47. The highest BCUT2D eigenvalue weighted by atomic mass is 32.1. The molecule has 1 N–H and O–H groups in total. The number of hydrogen-bond acceptors (Lipinski definition) is 7. The van der Waals surface area contributed by atoms with Crippen molar-refractivity contribution >= 4 is 39.2 Å². The third kappa shape index (κ3) is 3.47. The van der Waals surface area contributed by atoms with Crippen molar-refractivity contribution in [1.29, 1.82) is 0 Å². The highest BCUT2D eigenvalue weighted by Gasteiger charge is 2.20. The number of ether oxygens (including phenoxy) is 1. The molecule has 0 saturated carbocycles. The Kier molecular flexibility index (Phi) is 5.08. The average molecular weight is 372 g/mol. The summed E-state index contributed by atoms with van der Waals surface area (Å²) in [6, 6.07) is 5.13. The van der Waals surface area contributed by atoms with Gasteiger partial charge >= 0.3 is 5.97 Å². The van der Waals surface area contributed by atoms with Crippen LogP contribution in [0.15, 0.2) is 35.5 Å². The number of nitrogens with one attached hydrogen (secondary N) is 1. The van der Waals surface area contributed by atoms with Crippen LogP contribution in [0, 0.1) is 6.92 Å². The normalized spacial score (nSPS) is 10.7. The van der Waals surface area contributed by atoms with Crippen molar-refractivity contribution in [3.05, 3.63) is 51.5 Å². The van der Waals surface area contributed by atoms with E-state index in [9.17, 15) is 14.4 Å². The second-order valence-corrected chi connectivity index (χ2v) is 6.40. The number of nitrogens with zero attached hydrogens (tertiary/aromatic N) is 3. The van der Waals surface area contributed by atoms with Crippen molar-refractivity contribution < 1.29 is 14.3 Å². The number of pyridine rings is 1. The first kappa shape index (κ1) is 17.7. The van der Waals surface area contributed by atoms with E-state index in [1.807, 2.05) is 0 Å². The first-order valence-corrected chi connectivity index (χ1v) is 8.69. The molecule has 8 nitrogen and oxygen atoms in total. The van der Waals surface area contributed by atoms with Crippen LogP contribution in [-0.4, -0.2) is 33.0 Å². The van der Waals surface area contributed by atoms with Crippen LogP contribution in [0.25, 0.3) is 10.2 Å². The smallest absolute Gasteiger partial charge is 0.348 e. The maximum Gasteiger partial charge on any atom is 0.348 e. The molecular formula is C17H16N4O4S. The molecule has 0 bridgehead atoms. The Hall–Kier alpha value is -3.07. The third-order valence-electron chi connectivity index (χ3n) is 3.62. The molecule has 0 fully saturated rings. The molecule has 0 unspecified atom stereocenters. The second kappa shape index (κ2) is 7.44. The Morgan fingerprint density at radius 3 is 2.81 bits per heavy atom. The minimum atomic E-state index is -0.480. The van der Waals surface area contributed by atoms with Crippen molar-refractivity contribution in [2.75, 3.05) is 11.9 Å². The molecule has 1 amide bonds. The zero-order valence-electron chi connectivity index (χ0n) is 14.2. The summed E-state index contributed by atoms with van der Waals surface area (Å²) in [5.41, 5.74) is 0.135. The summed E-state index contributed by atoms with van der Waals surface area (Å²) in [5, 5.41) is 2.94. The van der Waals surface area contributed by atoms with Crippen LogP contribution in [0.2, 0.25) is 0 Å². The molecule has 3 rings (SSSR count). The number of rotatable bonds is 5. The molecule has 0 spiro atoms. The lowest BCUT2D eigenvalue weighted by atomic mass is 10.2. The molecular weight excluding hydrogens is 356 g/mol. The van der Waals surface area contributed by atoms with Crippen LogP contribution >= 0.6 is 11.3 Å². The lowest BCUT2D eigenvalue weighted by molar-refractivity contribution is -0.116. The molecule has 0 saturated heterocycles. The van der Waals surface area contributed by atoms with Gasteiger partial charge in [-0.2, -0.15) is 0 Å². The molecule has 3 aromatic rings. The standard InChI is InChI=1S/C17H16N4O4S/c1-3-25-17(24)14-10(2)13-15(26-14)19-9-21(16(13)23)8-12(22)20-11-6-4-5-7-18-11/h4-7,9H,3,8H2,1-2H3,(H,18,20,22). The van der Waals surface area contributed by atoms with Crippen LogP contribution in [0.1, 0.15) is 22.2 Å². The number of aromatic nitrogens is 3. The summed E-state index contributed by atoms with van der Waals surface area (Å²) >= 11 is 1.11. The van der Waals surface area contributed by atoms with Crippen molar-refractivity contribution in [2.24, 2.45) is 0 Å². The number of amides is 1. The number of anilines is 1. The third-order valence-corrected chi connectivity index (χ3v) is 4.80. The highest BCUT2D eigenvalue weighted by molar-refractivity contribution is 7.20. The van der Waals surface area contributed by atoms with E-state index in [0.29, 0.717) is 26.5 Å². The summed E-state index contributed by atoms with van der Waals surface area (Å²) in [4.78, 5) is 45.8. The van der Waals surface area contributed by atoms with Gasteiger partial charge < -0.3 is 10.1 Å². The van der Waals surface area contributed by atoms with Gasteiger partial charge in [-0.3, -0.25) is 14.2 Å². The number of carbonyl (C=O) groups excluding carboxylic acids is 2. The summed E-state index contributed by atoms with van der Waals surface area (Å²) in [6.07, 6.45) is 2.86. The number of thiophene rings is 1. The van der Waals surface area contributed by atoms with E-state index in [1.54, 1.807) is 38.2 Å². The Morgan fingerprint density at radius 2 is 2.12 bits per heavy atom. The average Bonchev–Trinajstić information content (AvgIpc) is 2.96. The minimum absolute atomic E-state index is 0.206. The van der Waals surface area contributed by atoms with Gasteiger partial charge in [0.15, 0.2) is 0 Å². The molecule has 9 heteroatoms. The van der Waals surface area contributed by atoms with Gasteiger partial charge in [-0.25, -0.2) is 14.8 Å². The molecule has 134 valence electrons. The molecule has 0 aliphatic rings. The largest absolute Gasteiger partial charge is 0.462 e. The number of carbonyl (C=O) groups is 2. The molecule has 3 heterocycles. The van der Waals surface area contributed by atoms with Crippen LogP contribution < -0.4 is 10.9 Å². The van der Waals surface area contributed by atoms with E-state index in [1.165, 1.54) is 10.9 Å². The Bertz CT molecular complexity index is 1030. The number of esters is 1. The first-order valence-electron chi connectivity index (χ1n) is 7.87. The SMILES string of the molecule is CCOC(=O)c1sc2ncn(CC(=O)Nc3ccccn3)c(=O)c2c1C. The van der Waals surface area contributed by atoms with Gasteiger partial charge in [0.2, 0.25) is 5.91 Å². The van der Waals surface area contributed by atoms with Crippen molar-refractivity contribution in [2.45, 2.75) is 20.4 Å². The lowest BCUT2D eigenvalue weighted by Gasteiger charge is -2.06. The van der Waals surface area contributed by atoms with E-state index < -0.39 is 11.9 Å². The molecule has 0 aromatic carbocycles. The quantitative estimate of drug-likeness (QED) is 0.687. The zero-order chi connectivity index (χ0) is 18.7. The molecule has 0 aliphatic heterocycles. The Labute approximate surface area is 152 Å². The molecule has 0 radical (unpaired) electrons. The number of fused-ring (bicyclic) bond motifs is 1. The molecule has 0 atom stereocenters. The predicted octanol–water partition coefficient (Wildman–Crippen LogP) is 1.98. The van der Waals surface area contributed by atoms with Gasteiger partial charge in [0.05, 0.1) is 18.3 Å². The van der Waals surface area contributed by atoms with Crippen molar-refractivity contribution in [3.63, 3.8) is 0 Å². The fourth-order valence-electron chi connectivity index (χ4n) is 2.44. The highest BCUT2D eigenvalue weighted by Crippen LogP contribution is 2.27. The second-order valence-electron chi connectivity index (χ2n) is 5.40. The van der Waals surface area contributed by atoms with Crippen molar-refractivity contribution in [3.8, 4) is 0 Å². The van der Waals surface area contributed by atoms with E-state index in [0.717, 1.165) is 11.3 Å². The lowest BCUT2D eigenvalue weighted by Crippen LogP contribution is -2.28. The van der Waals surface area contributed by atoms with Crippen LogP contribution in [0.5, 0.6) is 0 Å². The molecule has 0 aliphatic carbocycles. The van der Waals surface area contributed by atoms with Gasteiger partial charge in [-0.05, 0) is 31.5 Å². The maximum absolute atomic E-state index is 12.7. The van der Waals surface area contributed by atoms with E-state index in [2.05, 4.69) is 15.3 Å². The summed E-state index contributed by atoms with van der Waals surface area (Å²) in [5.74, 6) is -0.479. The maximum atomic E-state index is 12.7. The van der Waals surface area contributed by atoms with Gasteiger partial charge in [-0.1, -0.05) is 6.07 Å². The predicted molar refractivity (Wildman–Crippen MR) is 97.4 cm³/mol. The van der Waals surface area contributed by atoms with Crippen LogP contribution in [-0.2, 0) is 16.1 Å². The molecule has 3 aromatic heterocycles. The minimum Gasteiger partial charge on any atom is -0.462 e. The monoisotopic (exact) mass is 372 g/mol. The van der Waals surface area contributed by atoms with Crippen LogP contribution in [0.3, 0.4) is 0 Å². The van der Waals surface area contributed by atoms with Gasteiger partial charge in [0, 0.05) is 6.20 Å². The topological polar surface area (TPSA) is 103 Å². The summed E-state index contributed by atoms with van der Waals surface area (Å²) < 4.78 is 6.21. The van der Waals surface area contributed by atoms with E-state index in [-0.39, 0.29) is 18.7 Å². The first-order chi connectivity index (χ1) is 12.5. The number of aryl methyl sites for hydroxylation is 1. The van der Waals surface area contributed by atoms with Gasteiger partial charge in [0.25, 0.3) is 5.56 Å². The van der Waals surface area contributed by atoms with Gasteiger partial charge in [-0.15, -0.1) is 11.3 Å².